The van der Waals surface area contributed by atoms with Crippen LogP contribution < -0.4 is 4.74 Å². The Hall–Kier alpha value is -3.55. The van der Waals surface area contributed by atoms with Crippen molar-refractivity contribution in [3.05, 3.63) is 77.2 Å². The maximum atomic E-state index is 13.5. The van der Waals surface area contributed by atoms with Crippen LogP contribution in [0.4, 0.5) is 13.2 Å². The Bertz CT molecular complexity index is 1060. The lowest BCUT2D eigenvalue weighted by atomic mass is 10.1. The van der Waals surface area contributed by atoms with Crippen LogP contribution in [0.25, 0.3) is 17.5 Å². The minimum atomic E-state index is -4.64. The first-order valence-electron chi connectivity index (χ1n) is 8.89. The van der Waals surface area contributed by atoms with Gasteiger partial charge >= 0.3 is 12.1 Å². The number of methoxy groups -OCH3 is 1. The van der Waals surface area contributed by atoms with Crippen molar-refractivity contribution in [2.24, 2.45) is 0 Å². The van der Waals surface area contributed by atoms with Crippen LogP contribution in [0.1, 0.15) is 22.6 Å². The Labute approximate surface area is 170 Å². The van der Waals surface area contributed by atoms with Crippen LogP contribution in [-0.2, 0) is 22.3 Å². The number of esters is 1. The fourth-order valence-electron chi connectivity index (χ4n) is 2.64. The Morgan fingerprint density at radius 1 is 1.17 bits per heavy atom. The molecule has 1 heterocycles. The summed E-state index contributed by atoms with van der Waals surface area (Å²) in [6.45, 7) is 1.48. The Balaban J connectivity index is 1.82. The molecule has 0 bridgehead atoms. The van der Waals surface area contributed by atoms with Crippen LogP contribution in [0.2, 0.25) is 0 Å². The van der Waals surface area contributed by atoms with Gasteiger partial charge in [0.25, 0.3) is 0 Å². The van der Waals surface area contributed by atoms with E-state index in [9.17, 15) is 18.0 Å². The number of halogens is 3. The van der Waals surface area contributed by atoms with Crippen LogP contribution in [0.5, 0.6) is 5.75 Å². The van der Waals surface area contributed by atoms with Gasteiger partial charge < -0.3 is 13.9 Å². The monoisotopic (exact) mass is 417 g/mol. The van der Waals surface area contributed by atoms with Gasteiger partial charge in [-0.25, -0.2) is 9.78 Å². The second kappa shape index (κ2) is 8.86. The molecule has 30 heavy (non-hydrogen) atoms. The molecule has 5 nitrogen and oxygen atoms in total. The molecule has 2 aromatic carbocycles. The van der Waals surface area contributed by atoms with Crippen molar-refractivity contribution in [3.63, 3.8) is 0 Å². The second-order valence-corrected chi connectivity index (χ2v) is 6.29. The number of carbonyl (C=O) groups is 1. The molecule has 3 aromatic rings. The first-order chi connectivity index (χ1) is 14.3. The number of nitrogens with zero attached hydrogens (tertiary/aromatic N) is 1. The van der Waals surface area contributed by atoms with Crippen molar-refractivity contribution in [1.29, 1.82) is 0 Å². The molecule has 0 saturated carbocycles. The van der Waals surface area contributed by atoms with E-state index in [0.29, 0.717) is 17.3 Å². The summed E-state index contributed by atoms with van der Waals surface area (Å²) >= 11 is 0. The highest BCUT2D eigenvalue weighted by molar-refractivity contribution is 5.87. The van der Waals surface area contributed by atoms with Crippen molar-refractivity contribution in [1.82, 2.24) is 4.98 Å². The van der Waals surface area contributed by atoms with Crippen molar-refractivity contribution >= 4 is 12.0 Å². The maximum Gasteiger partial charge on any atom is 0.419 e. The first-order valence-corrected chi connectivity index (χ1v) is 8.89. The van der Waals surface area contributed by atoms with E-state index in [4.69, 9.17) is 9.15 Å². The minimum Gasteiger partial charge on any atom is -0.487 e. The normalized spacial score (nSPS) is 11.6. The molecule has 0 amide bonds. The highest BCUT2D eigenvalue weighted by atomic mass is 19.4. The summed E-state index contributed by atoms with van der Waals surface area (Å²) in [5, 5.41) is 0. The quantitative estimate of drug-likeness (QED) is 0.395. The summed E-state index contributed by atoms with van der Waals surface area (Å²) in [7, 11) is 1.18. The number of benzene rings is 2. The zero-order chi connectivity index (χ0) is 21.7. The van der Waals surface area contributed by atoms with E-state index in [-0.39, 0.29) is 17.9 Å². The number of rotatable bonds is 6. The van der Waals surface area contributed by atoms with E-state index in [0.717, 1.165) is 17.7 Å². The topological polar surface area (TPSA) is 61.6 Å². The number of carbonyl (C=O) groups excluding carboxylic acids is 1. The molecule has 3 rings (SSSR count). The van der Waals surface area contributed by atoms with E-state index in [2.05, 4.69) is 9.72 Å². The van der Waals surface area contributed by atoms with Gasteiger partial charge in [-0.3, -0.25) is 0 Å². The first kappa shape index (κ1) is 21.2. The zero-order valence-electron chi connectivity index (χ0n) is 16.2. The number of oxazole rings is 1. The van der Waals surface area contributed by atoms with Gasteiger partial charge in [-0.05, 0) is 42.8 Å². The van der Waals surface area contributed by atoms with Gasteiger partial charge in [0.05, 0.1) is 12.7 Å². The van der Waals surface area contributed by atoms with Crippen LogP contribution in [0.15, 0.2) is 59.0 Å². The average molecular weight is 417 g/mol. The molecule has 0 fully saturated rings. The van der Waals surface area contributed by atoms with Crippen LogP contribution in [0, 0.1) is 6.92 Å². The molecule has 156 valence electrons. The van der Waals surface area contributed by atoms with Gasteiger partial charge in [0.15, 0.2) is 0 Å². The van der Waals surface area contributed by atoms with Crippen molar-refractivity contribution < 1.29 is 31.9 Å². The van der Waals surface area contributed by atoms with Gasteiger partial charge in [-0.15, -0.1) is 0 Å². The number of ether oxygens (including phenoxy) is 2. The van der Waals surface area contributed by atoms with Gasteiger partial charge in [-0.1, -0.05) is 24.3 Å². The molecule has 1 aromatic heterocycles. The highest BCUT2D eigenvalue weighted by Gasteiger charge is 2.34. The lowest BCUT2D eigenvalue weighted by molar-refractivity contribution is -0.139. The third-order valence-corrected chi connectivity index (χ3v) is 4.20. The highest BCUT2D eigenvalue weighted by Crippen LogP contribution is 2.37. The molecule has 0 unspecified atom stereocenters. The van der Waals surface area contributed by atoms with E-state index < -0.39 is 17.7 Å². The SMILES string of the molecule is COC(=O)/C=C/c1ccc(OCc2nc(-c3ccccc3)oc2C)c(C(F)(F)F)c1. The molecular formula is C22H18F3NO4. The molecule has 0 N–H and O–H groups in total. The zero-order valence-corrected chi connectivity index (χ0v) is 16.2. The summed E-state index contributed by atoms with van der Waals surface area (Å²) in [6, 6.07) is 12.7. The van der Waals surface area contributed by atoms with Crippen molar-refractivity contribution in [3.8, 4) is 17.2 Å². The van der Waals surface area contributed by atoms with E-state index in [1.165, 1.54) is 25.3 Å². The Morgan fingerprint density at radius 2 is 1.90 bits per heavy atom. The minimum absolute atomic E-state index is 0.184. The summed E-state index contributed by atoms with van der Waals surface area (Å²) in [4.78, 5) is 15.5. The predicted octanol–water partition coefficient (Wildman–Crippen LogP) is 5.43. The number of hydrogen-bond donors (Lipinski definition) is 0. The Kier molecular flexibility index (Phi) is 6.25. The lowest BCUT2D eigenvalue weighted by Gasteiger charge is -2.14. The van der Waals surface area contributed by atoms with E-state index in [1.807, 2.05) is 30.3 Å². The molecule has 0 spiro atoms. The number of aromatic nitrogens is 1. The number of alkyl halides is 3. The second-order valence-electron chi connectivity index (χ2n) is 6.29. The van der Waals surface area contributed by atoms with Crippen LogP contribution >= 0.6 is 0 Å². The molecular weight excluding hydrogens is 399 g/mol. The summed E-state index contributed by atoms with van der Waals surface area (Å²) < 4.78 is 55.9. The molecule has 0 saturated heterocycles. The number of aryl methyl sites for hydroxylation is 1. The van der Waals surface area contributed by atoms with Crippen molar-refractivity contribution in [2.75, 3.05) is 7.11 Å². The standard InChI is InChI=1S/C22H18F3NO4/c1-14-18(26-21(30-14)16-6-4-3-5-7-16)13-29-19-10-8-15(9-11-20(27)28-2)12-17(19)22(23,24)25/h3-12H,13H2,1-2H3/b11-9+. The summed E-state index contributed by atoms with van der Waals surface area (Å²) in [5.74, 6) is -0.188. The third kappa shape index (κ3) is 5.08. The molecule has 0 atom stereocenters. The van der Waals surface area contributed by atoms with Gasteiger partial charge in [-0.2, -0.15) is 13.2 Å². The van der Waals surface area contributed by atoms with E-state index in [1.54, 1.807) is 6.92 Å². The Morgan fingerprint density at radius 3 is 2.57 bits per heavy atom. The summed E-state index contributed by atoms with van der Waals surface area (Å²) in [5.41, 5.74) is 0.379. The molecule has 0 aliphatic rings. The fourth-order valence-corrected chi connectivity index (χ4v) is 2.64. The van der Waals surface area contributed by atoms with Crippen molar-refractivity contribution in [2.45, 2.75) is 19.7 Å². The average Bonchev–Trinajstić information content (AvgIpc) is 3.11. The maximum absolute atomic E-state index is 13.5. The molecule has 0 aliphatic carbocycles. The molecule has 8 heteroatoms. The van der Waals surface area contributed by atoms with Gasteiger partial charge in [0.1, 0.15) is 23.8 Å². The van der Waals surface area contributed by atoms with E-state index >= 15 is 0 Å². The molecule has 0 aliphatic heterocycles. The smallest absolute Gasteiger partial charge is 0.419 e. The van der Waals surface area contributed by atoms with Gasteiger partial charge in [0, 0.05) is 11.6 Å². The molecule has 0 radical (unpaired) electrons. The summed E-state index contributed by atoms with van der Waals surface area (Å²) in [6.07, 6.45) is -2.36. The predicted molar refractivity (Wildman–Crippen MR) is 104 cm³/mol. The van der Waals surface area contributed by atoms with Crippen LogP contribution in [0.3, 0.4) is 0 Å². The largest absolute Gasteiger partial charge is 0.487 e. The number of hydrogen-bond acceptors (Lipinski definition) is 5. The van der Waals surface area contributed by atoms with Gasteiger partial charge in [0.2, 0.25) is 5.89 Å². The van der Waals surface area contributed by atoms with Crippen LogP contribution in [-0.4, -0.2) is 18.1 Å². The lowest BCUT2D eigenvalue weighted by Crippen LogP contribution is -2.09. The fraction of sp³-hybridized carbons (Fsp3) is 0.182. The third-order valence-electron chi connectivity index (χ3n) is 4.20.